The van der Waals surface area contributed by atoms with E-state index >= 15 is 0 Å². The molecule has 2 fully saturated rings. The highest BCUT2D eigenvalue weighted by Crippen LogP contribution is 2.45. The van der Waals surface area contributed by atoms with Crippen LogP contribution in [0, 0.1) is 5.92 Å². The summed E-state index contributed by atoms with van der Waals surface area (Å²) < 4.78 is 6.27. The highest BCUT2D eigenvalue weighted by molar-refractivity contribution is 9.10. The Kier molecular flexibility index (Phi) is 4.72. The van der Waals surface area contributed by atoms with Gasteiger partial charge in [-0.3, -0.25) is 4.90 Å². The standard InChI is InChI=1S/C16H23BrN2O2/c1-21-15-10-12(17)9-13(16(15)20)14(8-11-2-3-11)19-6-4-18-5-7-19/h9-11,14,18,20H,2-8H2,1H3/t14-/m1/s1. The lowest BCUT2D eigenvalue weighted by Crippen LogP contribution is -2.45. The number of hydrogen-bond donors (Lipinski definition) is 2. The van der Waals surface area contributed by atoms with Gasteiger partial charge in [0.25, 0.3) is 0 Å². The Hall–Kier alpha value is -0.780. The second kappa shape index (κ2) is 6.55. The van der Waals surface area contributed by atoms with Crippen molar-refractivity contribution in [3.05, 3.63) is 22.2 Å². The summed E-state index contributed by atoms with van der Waals surface area (Å²) in [5, 5.41) is 14.0. The lowest BCUT2D eigenvalue weighted by molar-refractivity contribution is 0.157. The number of rotatable bonds is 5. The maximum Gasteiger partial charge on any atom is 0.162 e. The van der Waals surface area contributed by atoms with E-state index in [0.29, 0.717) is 11.5 Å². The van der Waals surface area contributed by atoms with Crippen LogP contribution in [0.4, 0.5) is 0 Å². The van der Waals surface area contributed by atoms with Crippen molar-refractivity contribution in [1.29, 1.82) is 0 Å². The third-order valence-corrected chi connectivity index (χ3v) is 4.95. The average molecular weight is 355 g/mol. The van der Waals surface area contributed by atoms with Gasteiger partial charge in [0.1, 0.15) is 0 Å². The molecule has 5 heteroatoms. The minimum Gasteiger partial charge on any atom is -0.504 e. The van der Waals surface area contributed by atoms with E-state index in [9.17, 15) is 5.11 Å². The van der Waals surface area contributed by atoms with E-state index in [1.807, 2.05) is 12.1 Å². The van der Waals surface area contributed by atoms with E-state index in [0.717, 1.165) is 48.6 Å². The molecule has 3 rings (SSSR count). The molecular weight excluding hydrogens is 332 g/mol. The number of aromatic hydroxyl groups is 1. The lowest BCUT2D eigenvalue weighted by Gasteiger charge is -2.36. The van der Waals surface area contributed by atoms with Crippen LogP contribution in [0.15, 0.2) is 16.6 Å². The maximum atomic E-state index is 10.6. The van der Waals surface area contributed by atoms with Crippen LogP contribution >= 0.6 is 15.9 Å². The van der Waals surface area contributed by atoms with Crippen molar-refractivity contribution in [1.82, 2.24) is 10.2 Å². The van der Waals surface area contributed by atoms with E-state index in [4.69, 9.17) is 4.74 Å². The van der Waals surface area contributed by atoms with Crippen LogP contribution in [-0.2, 0) is 0 Å². The van der Waals surface area contributed by atoms with Crippen molar-refractivity contribution in [2.75, 3.05) is 33.3 Å². The van der Waals surface area contributed by atoms with E-state index in [1.54, 1.807) is 7.11 Å². The Labute approximate surface area is 134 Å². The van der Waals surface area contributed by atoms with Crippen LogP contribution < -0.4 is 10.1 Å². The summed E-state index contributed by atoms with van der Waals surface area (Å²) in [4.78, 5) is 2.50. The minimum atomic E-state index is 0.283. The molecule has 0 radical (unpaired) electrons. The molecule has 1 aromatic rings. The first-order valence-electron chi connectivity index (χ1n) is 7.70. The lowest BCUT2D eigenvalue weighted by atomic mass is 9.97. The number of methoxy groups -OCH3 is 1. The normalized spacial score (nSPS) is 21.2. The Balaban J connectivity index is 1.92. The molecule has 1 atom stereocenters. The van der Waals surface area contributed by atoms with E-state index < -0.39 is 0 Å². The van der Waals surface area contributed by atoms with E-state index in [1.165, 1.54) is 12.8 Å². The van der Waals surface area contributed by atoms with Gasteiger partial charge in [-0.1, -0.05) is 28.8 Å². The van der Waals surface area contributed by atoms with Crippen molar-refractivity contribution in [2.24, 2.45) is 5.92 Å². The number of hydrogen-bond acceptors (Lipinski definition) is 4. The van der Waals surface area contributed by atoms with Gasteiger partial charge < -0.3 is 15.2 Å². The fraction of sp³-hybridized carbons (Fsp3) is 0.625. The third kappa shape index (κ3) is 3.52. The van der Waals surface area contributed by atoms with Crippen molar-refractivity contribution in [3.8, 4) is 11.5 Å². The molecule has 21 heavy (non-hydrogen) atoms. The summed E-state index contributed by atoms with van der Waals surface area (Å²) in [6.45, 7) is 4.11. The number of piperazine rings is 1. The predicted molar refractivity (Wildman–Crippen MR) is 86.9 cm³/mol. The van der Waals surface area contributed by atoms with Gasteiger partial charge >= 0.3 is 0 Å². The first-order chi connectivity index (χ1) is 10.2. The molecule has 1 saturated carbocycles. The van der Waals surface area contributed by atoms with E-state index in [2.05, 4.69) is 26.1 Å². The van der Waals surface area contributed by atoms with Gasteiger partial charge in [-0.25, -0.2) is 0 Å². The highest BCUT2D eigenvalue weighted by Gasteiger charge is 2.32. The number of phenolic OH excluding ortho intramolecular Hbond substituents is 1. The van der Waals surface area contributed by atoms with Crippen molar-refractivity contribution >= 4 is 15.9 Å². The van der Waals surface area contributed by atoms with Gasteiger partial charge in [0.05, 0.1) is 7.11 Å². The van der Waals surface area contributed by atoms with Crippen LogP contribution in [0.1, 0.15) is 30.9 Å². The van der Waals surface area contributed by atoms with Crippen molar-refractivity contribution in [2.45, 2.75) is 25.3 Å². The van der Waals surface area contributed by atoms with Gasteiger partial charge in [0.15, 0.2) is 11.5 Å². The average Bonchev–Trinajstić information content (AvgIpc) is 3.32. The number of nitrogens with zero attached hydrogens (tertiary/aromatic N) is 1. The Morgan fingerprint density at radius 3 is 2.71 bits per heavy atom. The molecule has 0 spiro atoms. The molecule has 0 amide bonds. The first-order valence-corrected chi connectivity index (χ1v) is 8.49. The topological polar surface area (TPSA) is 44.7 Å². The molecule has 1 aliphatic carbocycles. The highest BCUT2D eigenvalue weighted by atomic mass is 79.9. The molecule has 2 aliphatic rings. The number of halogens is 1. The molecule has 0 bridgehead atoms. The van der Waals surface area contributed by atoms with Crippen LogP contribution in [0.25, 0.3) is 0 Å². The summed E-state index contributed by atoms with van der Waals surface area (Å²) in [5.41, 5.74) is 0.995. The third-order valence-electron chi connectivity index (χ3n) is 4.49. The Morgan fingerprint density at radius 1 is 1.38 bits per heavy atom. The number of ether oxygens (including phenoxy) is 1. The molecule has 1 saturated heterocycles. The SMILES string of the molecule is COc1cc(Br)cc([C@@H](CC2CC2)N2CCNCC2)c1O. The van der Waals surface area contributed by atoms with Crippen LogP contribution in [-0.4, -0.2) is 43.3 Å². The number of benzene rings is 1. The molecule has 4 nitrogen and oxygen atoms in total. The maximum absolute atomic E-state index is 10.6. The molecule has 2 N–H and O–H groups in total. The largest absolute Gasteiger partial charge is 0.504 e. The minimum absolute atomic E-state index is 0.283. The summed E-state index contributed by atoms with van der Waals surface area (Å²) in [6.07, 6.45) is 3.79. The summed E-state index contributed by atoms with van der Waals surface area (Å²) >= 11 is 3.54. The quantitative estimate of drug-likeness (QED) is 0.853. The number of phenols is 1. The zero-order valence-electron chi connectivity index (χ0n) is 12.4. The molecular formula is C16H23BrN2O2. The van der Waals surface area contributed by atoms with Crippen molar-refractivity contribution in [3.63, 3.8) is 0 Å². The van der Waals surface area contributed by atoms with Crippen LogP contribution in [0.2, 0.25) is 0 Å². The van der Waals surface area contributed by atoms with Gasteiger partial charge in [0, 0.05) is 42.3 Å². The van der Waals surface area contributed by atoms with E-state index in [-0.39, 0.29) is 6.04 Å². The van der Waals surface area contributed by atoms with Gasteiger partial charge in [0.2, 0.25) is 0 Å². The van der Waals surface area contributed by atoms with Gasteiger partial charge in [-0.2, -0.15) is 0 Å². The Morgan fingerprint density at radius 2 is 2.10 bits per heavy atom. The molecule has 1 aromatic carbocycles. The monoisotopic (exact) mass is 354 g/mol. The van der Waals surface area contributed by atoms with Crippen LogP contribution in [0.3, 0.4) is 0 Å². The second-order valence-electron chi connectivity index (χ2n) is 6.03. The van der Waals surface area contributed by atoms with Crippen LogP contribution in [0.5, 0.6) is 11.5 Å². The smallest absolute Gasteiger partial charge is 0.162 e. The zero-order chi connectivity index (χ0) is 14.8. The first kappa shape index (κ1) is 15.1. The summed E-state index contributed by atoms with van der Waals surface area (Å²) in [7, 11) is 1.60. The molecule has 1 heterocycles. The molecule has 0 unspecified atom stereocenters. The summed E-state index contributed by atoms with van der Waals surface area (Å²) in [5.74, 6) is 1.66. The molecule has 0 aromatic heterocycles. The number of nitrogens with one attached hydrogen (secondary N) is 1. The fourth-order valence-electron chi connectivity index (χ4n) is 3.14. The molecule has 1 aliphatic heterocycles. The fourth-order valence-corrected chi connectivity index (χ4v) is 3.59. The molecule has 116 valence electrons. The predicted octanol–water partition coefficient (Wildman–Crippen LogP) is 2.91. The van der Waals surface area contributed by atoms with Crippen molar-refractivity contribution < 1.29 is 9.84 Å². The van der Waals surface area contributed by atoms with Gasteiger partial charge in [-0.05, 0) is 24.5 Å². The second-order valence-corrected chi connectivity index (χ2v) is 6.94. The Bertz CT molecular complexity index is 499. The summed E-state index contributed by atoms with van der Waals surface area (Å²) in [6, 6.07) is 4.16. The zero-order valence-corrected chi connectivity index (χ0v) is 14.0. The van der Waals surface area contributed by atoms with Gasteiger partial charge in [-0.15, -0.1) is 0 Å².